The minimum atomic E-state index is -1.05. The molecule has 1 atom stereocenters. The van der Waals surface area contributed by atoms with Crippen LogP contribution in [0.2, 0.25) is 0 Å². The number of carboxylic acid groups (broad SMARTS) is 1. The molecule has 188 valence electrons. The summed E-state index contributed by atoms with van der Waals surface area (Å²) in [5, 5.41) is 24.2. The van der Waals surface area contributed by atoms with Crippen LogP contribution in [0.5, 0.6) is 0 Å². The van der Waals surface area contributed by atoms with E-state index in [-0.39, 0.29) is 43.2 Å². The molecular formula is C27H34N2O6. The molecule has 0 bridgehead atoms. The summed E-state index contributed by atoms with van der Waals surface area (Å²) in [6.07, 6.45) is -0.618. The fourth-order valence-corrected chi connectivity index (χ4v) is 4.32. The fourth-order valence-electron chi connectivity index (χ4n) is 4.32. The number of hydrogen-bond donors (Lipinski definition) is 4. The standard InChI is InChI=1S/C27H34N2O6/c1-27(2,12-11-25(32)33)13-14-28-24(31)15-18(30)16-29-26(34)35-17-23-21-9-5-3-7-19(21)20-8-4-6-10-22(20)23/h3-10,18,23,30H,11-17H2,1-2H3,(H,28,31)(H,29,34)(H,32,33). The maximum absolute atomic E-state index is 12.2. The zero-order valence-electron chi connectivity index (χ0n) is 20.3. The number of carboxylic acids is 1. The Bertz CT molecular complexity index is 1010. The van der Waals surface area contributed by atoms with Crippen molar-refractivity contribution >= 4 is 18.0 Å². The Morgan fingerprint density at radius 2 is 1.57 bits per heavy atom. The second-order valence-corrected chi connectivity index (χ2v) is 9.72. The van der Waals surface area contributed by atoms with Gasteiger partial charge in [-0.1, -0.05) is 62.4 Å². The first-order valence-electron chi connectivity index (χ1n) is 11.9. The van der Waals surface area contributed by atoms with E-state index in [2.05, 4.69) is 22.8 Å². The quantitative estimate of drug-likeness (QED) is 0.366. The highest BCUT2D eigenvalue weighted by Gasteiger charge is 2.29. The van der Waals surface area contributed by atoms with Crippen LogP contribution < -0.4 is 10.6 Å². The van der Waals surface area contributed by atoms with Gasteiger partial charge in [-0.2, -0.15) is 0 Å². The molecule has 0 fully saturated rings. The van der Waals surface area contributed by atoms with Crippen LogP contribution in [0.3, 0.4) is 0 Å². The van der Waals surface area contributed by atoms with E-state index in [9.17, 15) is 19.5 Å². The maximum atomic E-state index is 12.2. The topological polar surface area (TPSA) is 125 Å². The van der Waals surface area contributed by atoms with Gasteiger partial charge in [0, 0.05) is 25.4 Å². The van der Waals surface area contributed by atoms with Gasteiger partial charge in [-0.15, -0.1) is 0 Å². The molecule has 3 rings (SSSR count). The van der Waals surface area contributed by atoms with Crippen LogP contribution >= 0.6 is 0 Å². The van der Waals surface area contributed by atoms with E-state index in [1.165, 1.54) is 0 Å². The molecule has 8 nitrogen and oxygen atoms in total. The Labute approximate surface area is 205 Å². The second-order valence-electron chi connectivity index (χ2n) is 9.72. The Balaban J connectivity index is 1.37. The first kappa shape index (κ1) is 26.2. The van der Waals surface area contributed by atoms with Crippen LogP contribution in [0.4, 0.5) is 4.79 Å². The number of aliphatic hydroxyl groups excluding tert-OH is 1. The number of alkyl carbamates (subject to hydrolysis) is 1. The molecule has 2 amide bonds. The van der Waals surface area contributed by atoms with Crippen molar-refractivity contribution in [2.24, 2.45) is 5.41 Å². The fraction of sp³-hybridized carbons (Fsp3) is 0.444. The molecule has 4 N–H and O–H groups in total. The van der Waals surface area contributed by atoms with Crippen LogP contribution in [0.25, 0.3) is 11.1 Å². The number of amides is 2. The van der Waals surface area contributed by atoms with Gasteiger partial charge in [0.05, 0.1) is 12.5 Å². The number of carbonyl (C=O) groups is 3. The summed E-state index contributed by atoms with van der Waals surface area (Å²) in [6, 6.07) is 16.1. The van der Waals surface area contributed by atoms with Gasteiger partial charge < -0.3 is 25.6 Å². The highest BCUT2D eigenvalue weighted by Crippen LogP contribution is 2.44. The molecule has 0 spiro atoms. The van der Waals surface area contributed by atoms with Crippen molar-refractivity contribution in [3.8, 4) is 11.1 Å². The minimum absolute atomic E-state index is 0.0522. The molecule has 2 aromatic carbocycles. The van der Waals surface area contributed by atoms with Crippen molar-refractivity contribution in [1.29, 1.82) is 0 Å². The molecule has 1 unspecified atom stereocenters. The Morgan fingerprint density at radius 1 is 0.971 bits per heavy atom. The number of benzene rings is 2. The summed E-state index contributed by atoms with van der Waals surface area (Å²) >= 11 is 0. The molecule has 0 saturated carbocycles. The minimum Gasteiger partial charge on any atom is -0.481 e. The van der Waals surface area contributed by atoms with Crippen LogP contribution in [0, 0.1) is 5.41 Å². The first-order chi connectivity index (χ1) is 16.7. The molecule has 35 heavy (non-hydrogen) atoms. The summed E-state index contributed by atoms with van der Waals surface area (Å²) in [4.78, 5) is 35.0. The number of aliphatic hydroxyl groups is 1. The highest BCUT2D eigenvalue weighted by molar-refractivity contribution is 5.79. The number of rotatable bonds is 12. The lowest BCUT2D eigenvalue weighted by Crippen LogP contribution is -2.37. The number of aliphatic carboxylic acids is 1. The summed E-state index contributed by atoms with van der Waals surface area (Å²) in [6.45, 7) is 4.37. The normalized spacial score (nSPS) is 13.5. The van der Waals surface area contributed by atoms with Crippen molar-refractivity contribution < 1.29 is 29.3 Å². The molecule has 1 aliphatic rings. The number of ether oxygens (including phenoxy) is 1. The second kappa shape index (κ2) is 11.8. The van der Waals surface area contributed by atoms with E-state index in [1.807, 2.05) is 50.2 Å². The zero-order valence-corrected chi connectivity index (χ0v) is 20.3. The number of nitrogens with one attached hydrogen (secondary N) is 2. The lowest BCUT2D eigenvalue weighted by molar-refractivity contribution is -0.137. The average Bonchev–Trinajstić information content (AvgIpc) is 3.14. The van der Waals surface area contributed by atoms with Crippen LogP contribution in [0.1, 0.15) is 56.6 Å². The van der Waals surface area contributed by atoms with Crippen molar-refractivity contribution in [3.05, 3.63) is 59.7 Å². The predicted molar refractivity (Wildman–Crippen MR) is 132 cm³/mol. The van der Waals surface area contributed by atoms with Gasteiger partial charge in [0.15, 0.2) is 0 Å². The van der Waals surface area contributed by atoms with E-state index in [1.54, 1.807) is 0 Å². The van der Waals surface area contributed by atoms with Gasteiger partial charge in [0.1, 0.15) is 6.61 Å². The average molecular weight is 483 g/mol. The SMILES string of the molecule is CC(C)(CCNC(=O)CC(O)CNC(=O)OCC1c2ccccc2-c2ccccc21)CCC(=O)O. The van der Waals surface area contributed by atoms with Crippen molar-refractivity contribution in [2.75, 3.05) is 19.7 Å². The van der Waals surface area contributed by atoms with Crippen molar-refractivity contribution in [1.82, 2.24) is 10.6 Å². The van der Waals surface area contributed by atoms with Crippen LogP contribution in [-0.4, -0.2) is 54.0 Å². The number of fused-ring (bicyclic) bond motifs is 3. The molecule has 1 aliphatic carbocycles. The van der Waals surface area contributed by atoms with Crippen LogP contribution in [-0.2, 0) is 14.3 Å². The highest BCUT2D eigenvalue weighted by atomic mass is 16.5. The Kier molecular flexibility index (Phi) is 8.87. The summed E-state index contributed by atoms with van der Waals surface area (Å²) in [5.41, 5.74) is 4.30. The molecule has 0 aliphatic heterocycles. The third kappa shape index (κ3) is 7.55. The van der Waals surface area contributed by atoms with E-state index < -0.39 is 18.2 Å². The number of hydrogen-bond acceptors (Lipinski definition) is 5. The van der Waals surface area contributed by atoms with Gasteiger partial charge >= 0.3 is 12.1 Å². The number of carbonyl (C=O) groups excluding carboxylic acids is 2. The Hall–Kier alpha value is -3.39. The van der Waals surface area contributed by atoms with Gasteiger partial charge in [-0.3, -0.25) is 9.59 Å². The molecule has 0 saturated heterocycles. The van der Waals surface area contributed by atoms with Gasteiger partial charge in [-0.25, -0.2) is 4.79 Å². The first-order valence-corrected chi connectivity index (χ1v) is 11.9. The molecule has 0 radical (unpaired) electrons. The summed E-state index contributed by atoms with van der Waals surface area (Å²) < 4.78 is 5.43. The van der Waals surface area contributed by atoms with E-state index in [0.717, 1.165) is 22.3 Å². The maximum Gasteiger partial charge on any atom is 0.407 e. The smallest absolute Gasteiger partial charge is 0.407 e. The Morgan fingerprint density at radius 3 is 2.17 bits per heavy atom. The molecular weight excluding hydrogens is 448 g/mol. The van der Waals surface area contributed by atoms with E-state index in [0.29, 0.717) is 19.4 Å². The summed E-state index contributed by atoms with van der Waals surface area (Å²) in [5.74, 6) is -1.22. The molecule has 8 heteroatoms. The van der Waals surface area contributed by atoms with Gasteiger partial charge in [0.25, 0.3) is 0 Å². The monoisotopic (exact) mass is 482 g/mol. The van der Waals surface area contributed by atoms with E-state index in [4.69, 9.17) is 9.84 Å². The third-order valence-electron chi connectivity index (χ3n) is 6.39. The van der Waals surface area contributed by atoms with Gasteiger partial charge in [-0.05, 0) is 40.5 Å². The lowest BCUT2D eigenvalue weighted by atomic mass is 9.84. The van der Waals surface area contributed by atoms with E-state index >= 15 is 0 Å². The largest absolute Gasteiger partial charge is 0.481 e. The van der Waals surface area contributed by atoms with Crippen LogP contribution in [0.15, 0.2) is 48.5 Å². The summed E-state index contributed by atoms with van der Waals surface area (Å²) in [7, 11) is 0. The lowest BCUT2D eigenvalue weighted by Gasteiger charge is -2.24. The zero-order chi connectivity index (χ0) is 25.4. The molecule has 0 heterocycles. The predicted octanol–water partition coefficient (Wildman–Crippen LogP) is 3.67. The van der Waals surface area contributed by atoms with Crippen molar-refractivity contribution in [2.45, 2.75) is 51.6 Å². The van der Waals surface area contributed by atoms with Gasteiger partial charge in [0.2, 0.25) is 5.91 Å². The van der Waals surface area contributed by atoms with Crippen molar-refractivity contribution in [3.63, 3.8) is 0 Å². The molecule has 2 aromatic rings. The molecule has 0 aromatic heterocycles. The third-order valence-corrected chi connectivity index (χ3v) is 6.39.